The molecule has 0 bridgehead atoms. The van der Waals surface area contributed by atoms with Crippen LogP contribution in [0.5, 0.6) is 0 Å². The van der Waals surface area contributed by atoms with Gasteiger partial charge in [0.25, 0.3) is 0 Å². The summed E-state index contributed by atoms with van der Waals surface area (Å²) in [6.07, 6.45) is 13.3. The van der Waals surface area contributed by atoms with Gasteiger partial charge in [-0.25, -0.2) is 9.37 Å². The summed E-state index contributed by atoms with van der Waals surface area (Å²) < 4.78 is 15.1. The van der Waals surface area contributed by atoms with Crippen molar-refractivity contribution in [1.82, 2.24) is 9.55 Å². The minimum atomic E-state index is -0.339. The number of hydrogen-bond acceptors (Lipinski definition) is 4. The Kier molecular flexibility index (Phi) is 8.42. The molecule has 35 heavy (non-hydrogen) atoms. The first-order chi connectivity index (χ1) is 16.9. The van der Waals surface area contributed by atoms with Crippen LogP contribution < -0.4 is 0 Å². The molecule has 0 saturated heterocycles. The number of allylic oxidation sites excluding steroid dienone is 1. The molecule has 1 saturated carbocycles. The van der Waals surface area contributed by atoms with Crippen molar-refractivity contribution in [3.8, 4) is 0 Å². The second kappa shape index (κ2) is 11.7. The van der Waals surface area contributed by atoms with Gasteiger partial charge in [-0.2, -0.15) is 0 Å². The van der Waals surface area contributed by atoms with E-state index < -0.39 is 0 Å². The van der Waals surface area contributed by atoms with E-state index in [1.807, 2.05) is 17.7 Å². The van der Waals surface area contributed by atoms with Crippen LogP contribution in [0.15, 0.2) is 36.0 Å². The van der Waals surface area contributed by atoms with E-state index in [1.165, 1.54) is 17.7 Å². The highest BCUT2D eigenvalue weighted by Crippen LogP contribution is 2.31. The molecule has 2 aromatic rings. The third-order valence-electron chi connectivity index (χ3n) is 7.54. The number of rotatable bonds is 7. The van der Waals surface area contributed by atoms with Crippen molar-refractivity contribution in [2.24, 2.45) is 11.8 Å². The van der Waals surface area contributed by atoms with Gasteiger partial charge in [-0.15, -0.1) is 0 Å². The van der Waals surface area contributed by atoms with Crippen LogP contribution in [-0.2, 0) is 4.79 Å². The molecule has 2 heterocycles. The van der Waals surface area contributed by atoms with Crippen molar-refractivity contribution in [1.29, 1.82) is 0 Å². The molecule has 0 N–H and O–H groups in total. The quantitative estimate of drug-likeness (QED) is 0.413. The molecule has 5 nitrogen and oxygen atoms in total. The molecule has 0 spiro atoms. The van der Waals surface area contributed by atoms with Crippen LogP contribution >= 0.6 is 0 Å². The van der Waals surface area contributed by atoms with Crippen LogP contribution in [0.4, 0.5) is 4.39 Å². The molecule has 1 aliphatic heterocycles. The van der Waals surface area contributed by atoms with Gasteiger partial charge < -0.3 is 4.57 Å². The van der Waals surface area contributed by atoms with E-state index in [9.17, 15) is 18.8 Å². The molecule has 186 valence electrons. The van der Waals surface area contributed by atoms with Crippen LogP contribution in [0, 0.1) is 24.6 Å². The molecule has 1 fully saturated rings. The smallest absolute Gasteiger partial charge is 0.198 e. The maximum absolute atomic E-state index is 13.2. The highest BCUT2D eigenvalue weighted by Gasteiger charge is 2.26. The van der Waals surface area contributed by atoms with Gasteiger partial charge in [0.2, 0.25) is 0 Å². The first-order valence-corrected chi connectivity index (χ1v) is 13.0. The van der Waals surface area contributed by atoms with Gasteiger partial charge in [-0.1, -0.05) is 18.4 Å². The van der Waals surface area contributed by atoms with E-state index >= 15 is 0 Å². The molecule has 2 aliphatic rings. The fourth-order valence-electron chi connectivity index (χ4n) is 5.44. The Balaban J connectivity index is 1.31. The molecule has 2 atom stereocenters. The summed E-state index contributed by atoms with van der Waals surface area (Å²) in [6.45, 7) is 1.95. The molecule has 0 amide bonds. The lowest BCUT2D eigenvalue weighted by Crippen LogP contribution is -2.22. The minimum Gasteiger partial charge on any atom is -0.301 e. The largest absolute Gasteiger partial charge is 0.301 e. The van der Waals surface area contributed by atoms with Crippen molar-refractivity contribution in [3.63, 3.8) is 0 Å². The third-order valence-corrected chi connectivity index (χ3v) is 7.54. The summed E-state index contributed by atoms with van der Waals surface area (Å²) in [4.78, 5) is 42.5. The zero-order valence-corrected chi connectivity index (χ0v) is 20.6. The maximum atomic E-state index is 13.2. The van der Waals surface area contributed by atoms with Gasteiger partial charge >= 0.3 is 0 Å². The van der Waals surface area contributed by atoms with Crippen molar-refractivity contribution in [2.45, 2.75) is 84.0 Å². The van der Waals surface area contributed by atoms with E-state index in [-0.39, 0.29) is 29.2 Å². The normalized spacial score (nSPS) is 21.2. The summed E-state index contributed by atoms with van der Waals surface area (Å²) >= 11 is 0. The summed E-state index contributed by atoms with van der Waals surface area (Å²) in [6, 6.07) is 5.79. The Bertz CT molecular complexity index is 1100. The predicted molar refractivity (Wildman–Crippen MR) is 134 cm³/mol. The lowest BCUT2D eigenvalue weighted by atomic mass is 9.80. The van der Waals surface area contributed by atoms with Gasteiger partial charge in [-0.05, 0) is 82.6 Å². The number of Topliss-reactive ketones (excluding diaryl/α,β-unsaturated/α-hetero) is 3. The number of aromatic nitrogens is 2. The van der Waals surface area contributed by atoms with Crippen LogP contribution in [0.1, 0.15) is 104 Å². The van der Waals surface area contributed by atoms with E-state index in [0.717, 1.165) is 63.5 Å². The van der Waals surface area contributed by atoms with E-state index in [4.69, 9.17) is 0 Å². The Hall–Kier alpha value is -2.89. The number of halogens is 1. The second-order valence-corrected chi connectivity index (χ2v) is 10.1. The standard InChI is InChI=1S/C29H35FN2O3/c1-20-18-31-29-27(34)11-5-7-21(19-32(20)29)6-4-10-26(33)22-8-2-3-9-23(13-12-22)28(35)24-14-16-25(30)17-15-24/h14-19,22-23H,2-13H2,1H3. The second-order valence-electron chi connectivity index (χ2n) is 10.1. The lowest BCUT2D eigenvalue weighted by Gasteiger charge is -2.24. The maximum Gasteiger partial charge on any atom is 0.198 e. The zero-order chi connectivity index (χ0) is 24.8. The highest BCUT2D eigenvalue weighted by molar-refractivity contribution is 5.97. The monoisotopic (exact) mass is 478 g/mol. The third kappa shape index (κ3) is 6.41. The topological polar surface area (TPSA) is 69.0 Å². The van der Waals surface area contributed by atoms with Gasteiger partial charge in [0.05, 0.1) is 0 Å². The summed E-state index contributed by atoms with van der Waals surface area (Å²) in [5.41, 5.74) is 2.77. The number of imidazole rings is 1. The molecule has 0 radical (unpaired) electrons. The Morgan fingerprint density at radius 1 is 1.00 bits per heavy atom. The minimum absolute atomic E-state index is 0.0187. The first kappa shape index (κ1) is 25.2. The van der Waals surface area contributed by atoms with Gasteiger partial charge in [0.1, 0.15) is 11.6 Å². The molecule has 4 rings (SSSR count). The Morgan fingerprint density at radius 2 is 1.71 bits per heavy atom. The summed E-state index contributed by atoms with van der Waals surface area (Å²) in [7, 11) is 0. The highest BCUT2D eigenvalue weighted by atomic mass is 19.1. The fourth-order valence-corrected chi connectivity index (χ4v) is 5.44. The van der Waals surface area contributed by atoms with Crippen molar-refractivity contribution in [3.05, 3.63) is 58.9 Å². The number of carbonyl (C=O) groups excluding carboxylic acids is 3. The predicted octanol–water partition coefficient (Wildman–Crippen LogP) is 6.75. The van der Waals surface area contributed by atoms with Crippen molar-refractivity contribution < 1.29 is 18.8 Å². The van der Waals surface area contributed by atoms with E-state index in [1.54, 1.807) is 18.3 Å². The van der Waals surface area contributed by atoms with Gasteiger partial charge in [0, 0.05) is 48.3 Å². The SMILES string of the molecule is Cc1cnc2n1C=C(CCCC(=O)C1CCCCC(C(=O)c3ccc(F)cc3)CC1)CCCC2=O. The number of aryl methyl sites for hydroxylation is 1. The lowest BCUT2D eigenvalue weighted by molar-refractivity contribution is -0.123. The summed E-state index contributed by atoms with van der Waals surface area (Å²) in [5, 5.41) is 0. The molecule has 1 aromatic carbocycles. The fraction of sp³-hybridized carbons (Fsp3) is 0.517. The molecule has 1 aliphatic carbocycles. The van der Waals surface area contributed by atoms with Crippen molar-refractivity contribution >= 4 is 23.5 Å². The van der Waals surface area contributed by atoms with Gasteiger partial charge in [0.15, 0.2) is 17.4 Å². The number of fused-ring (bicyclic) bond motifs is 1. The number of hydrogen-bond donors (Lipinski definition) is 0. The first-order valence-electron chi connectivity index (χ1n) is 13.0. The molecule has 1 aromatic heterocycles. The number of carbonyl (C=O) groups is 3. The van der Waals surface area contributed by atoms with E-state index in [2.05, 4.69) is 4.98 Å². The molecular formula is C29H35FN2O3. The average molecular weight is 479 g/mol. The molecule has 6 heteroatoms. The summed E-state index contributed by atoms with van der Waals surface area (Å²) in [5.74, 6) is 0.563. The van der Waals surface area contributed by atoms with Crippen LogP contribution in [-0.4, -0.2) is 26.9 Å². The van der Waals surface area contributed by atoms with Gasteiger partial charge in [-0.3, -0.25) is 14.4 Å². The van der Waals surface area contributed by atoms with Crippen LogP contribution in [0.2, 0.25) is 0 Å². The molecule has 2 unspecified atom stereocenters. The number of ketones is 3. The average Bonchev–Trinajstić information content (AvgIpc) is 3.17. The van der Waals surface area contributed by atoms with Crippen LogP contribution in [0.3, 0.4) is 0 Å². The number of nitrogens with zero attached hydrogens (tertiary/aromatic N) is 2. The van der Waals surface area contributed by atoms with Crippen molar-refractivity contribution in [2.75, 3.05) is 0 Å². The number of benzene rings is 1. The Morgan fingerprint density at radius 3 is 2.49 bits per heavy atom. The Labute approximate surface area is 206 Å². The van der Waals surface area contributed by atoms with Crippen LogP contribution in [0.25, 0.3) is 6.20 Å². The zero-order valence-electron chi connectivity index (χ0n) is 20.6. The molecular weight excluding hydrogens is 443 g/mol. The van der Waals surface area contributed by atoms with E-state index in [0.29, 0.717) is 36.4 Å².